The van der Waals surface area contributed by atoms with E-state index >= 15 is 0 Å². The Hall–Kier alpha value is -2.72. The molecular formula is C12H9N3O3S. The molecule has 0 aliphatic heterocycles. The average molecular weight is 275 g/mol. The van der Waals surface area contributed by atoms with Gasteiger partial charge in [0, 0.05) is 17.1 Å². The average Bonchev–Trinajstić information content (AvgIpc) is 2.90. The summed E-state index contributed by atoms with van der Waals surface area (Å²) >= 11 is 1.20. The summed E-state index contributed by atoms with van der Waals surface area (Å²) in [6.45, 7) is 0. The number of aromatic hydroxyl groups is 2. The molecule has 1 heterocycles. The number of hydrogen-bond donors (Lipinski definition) is 4. The Morgan fingerprint density at radius 1 is 1.37 bits per heavy atom. The molecule has 6 nitrogen and oxygen atoms in total. The summed E-state index contributed by atoms with van der Waals surface area (Å²) in [6, 6.07) is 4.23. The molecule has 7 heteroatoms. The van der Waals surface area contributed by atoms with Crippen molar-refractivity contribution in [3.63, 3.8) is 0 Å². The van der Waals surface area contributed by atoms with Gasteiger partial charge >= 0.3 is 0 Å². The highest BCUT2D eigenvalue weighted by Gasteiger charge is 2.15. The normalized spacial score (nSPS) is 11.7. The number of aliphatic hydroxyl groups excluding tert-OH is 1. The van der Waals surface area contributed by atoms with E-state index in [4.69, 9.17) is 11.0 Å². The van der Waals surface area contributed by atoms with Gasteiger partial charge in [0.1, 0.15) is 22.4 Å². The SMILES string of the molecule is N#C/C(=C(/O)c1cc(N)c(O)c(O)c1)c1nccs1. The fourth-order valence-electron chi connectivity index (χ4n) is 1.47. The lowest BCUT2D eigenvalue weighted by atomic mass is 10.1. The van der Waals surface area contributed by atoms with Crippen LogP contribution in [0.25, 0.3) is 11.3 Å². The number of thiazole rings is 1. The minimum Gasteiger partial charge on any atom is -0.506 e. The van der Waals surface area contributed by atoms with E-state index in [1.807, 2.05) is 6.07 Å². The van der Waals surface area contributed by atoms with Gasteiger partial charge in [-0.25, -0.2) is 4.98 Å². The molecule has 0 aliphatic rings. The lowest BCUT2D eigenvalue weighted by molar-refractivity contribution is 0.405. The van der Waals surface area contributed by atoms with Crippen LogP contribution in [0.1, 0.15) is 10.6 Å². The lowest BCUT2D eigenvalue weighted by Gasteiger charge is -2.07. The molecule has 1 aromatic heterocycles. The lowest BCUT2D eigenvalue weighted by Crippen LogP contribution is -1.93. The molecule has 0 saturated heterocycles. The van der Waals surface area contributed by atoms with Gasteiger partial charge in [-0.1, -0.05) is 0 Å². The second kappa shape index (κ2) is 4.88. The van der Waals surface area contributed by atoms with Crippen molar-refractivity contribution >= 4 is 28.4 Å². The summed E-state index contributed by atoms with van der Waals surface area (Å²) in [7, 11) is 0. The number of rotatable bonds is 2. The third-order valence-electron chi connectivity index (χ3n) is 2.39. The molecule has 0 atom stereocenters. The zero-order valence-corrected chi connectivity index (χ0v) is 10.3. The van der Waals surface area contributed by atoms with Crippen LogP contribution in [0.4, 0.5) is 5.69 Å². The van der Waals surface area contributed by atoms with Crippen LogP contribution in [0.3, 0.4) is 0 Å². The first-order valence-electron chi connectivity index (χ1n) is 5.09. The quantitative estimate of drug-likeness (QED) is 0.288. The molecule has 0 fully saturated rings. The predicted molar refractivity (Wildman–Crippen MR) is 71.4 cm³/mol. The van der Waals surface area contributed by atoms with E-state index in [0.717, 1.165) is 6.07 Å². The minimum absolute atomic E-state index is 0.0283. The van der Waals surface area contributed by atoms with Gasteiger partial charge in [0.2, 0.25) is 0 Å². The monoisotopic (exact) mass is 275 g/mol. The van der Waals surface area contributed by atoms with Gasteiger partial charge in [-0.2, -0.15) is 5.26 Å². The summed E-state index contributed by atoms with van der Waals surface area (Å²) in [6.07, 6.45) is 1.51. The maximum Gasteiger partial charge on any atom is 0.181 e. The van der Waals surface area contributed by atoms with Crippen LogP contribution in [0.15, 0.2) is 23.7 Å². The van der Waals surface area contributed by atoms with E-state index in [1.54, 1.807) is 5.38 Å². The Bertz CT molecular complexity index is 664. The van der Waals surface area contributed by atoms with E-state index in [1.165, 1.54) is 23.6 Å². The van der Waals surface area contributed by atoms with Crippen molar-refractivity contribution in [1.29, 1.82) is 5.26 Å². The molecule has 5 N–H and O–H groups in total. The molecular weight excluding hydrogens is 266 g/mol. The standard InChI is InChI=1S/C12H9N3O3S/c13-5-7(12-15-1-2-19-12)10(17)6-3-8(14)11(18)9(16)4-6/h1-4,16-18H,14H2/b10-7-. The molecule has 2 aromatic rings. The van der Waals surface area contributed by atoms with Gasteiger partial charge in [0.15, 0.2) is 11.5 Å². The smallest absolute Gasteiger partial charge is 0.181 e. The molecule has 2 rings (SSSR count). The second-order valence-electron chi connectivity index (χ2n) is 3.61. The molecule has 0 spiro atoms. The van der Waals surface area contributed by atoms with Crippen molar-refractivity contribution in [2.24, 2.45) is 0 Å². The highest BCUT2D eigenvalue weighted by molar-refractivity contribution is 7.10. The number of nitrogens with two attached hydrogens (primary N) is 1. The third-order valence-corrected chi connectivity index (χ3v) is 3.18. The topological polar surface area (TPSA) is 123 Å². The Balaban J connectivity index is 2.61. The first kappa shape index (κ1) is 12.7. The number of phenolic OH excluding ortho intramolecular Hbond substituents is 2. The number of phenols is 2. The van der Waals surface area contributed by atoms with Crippen LogP contribution in [0.2, 0.25) is 0 Å². The molecule has 0 radical (unpaired) electrons. The van der Waals surface area contributed by atoms with Gasteiger partial charge in [-0.3, -0.25) is 0 Å². The molecule has 0 bridgehead atoms. The second-order valence-corrected chi connectivity index (χ2v) is 4.50. The summed E-state index contributed by atoms with van der Waals surface area (Å²) in [5.41, 5.74) is 5.48. The zero-order chi connectivity index (χ0) is 14.0. The maximum atomic E-state index is 10.1. The van der Waals surface area contributed by atoms with E-state index in [-0.39, 0.29) is 22.6 Å². The molecule has 0 saturated carbocycles. The van der Waals surface area contributed by atoms with E-state index in [0.29, 0.717) is 5.01 Å². The number of nitrogens with zero attached hydrogens (tertiary/aromatic N) is 2. The number of aliphatic hydroxyl groups is 1. The number of anilines is 1. The van der Waals surface area contributed by atoms with Crippen LogP contribution in [0.5, 0.6) is 11.5 Å². The number of allylic oxidation sites excluding steroid dienone is 1. The summed E-state index contributed by atoms with van der Waals surface area (Å²) in [4.78, 5) is 3.93. The van der Waals surface area contributed by atoms with Gasteiger partial charge in [-0.05, 0) is 12.1 Å². The maximum absolute atomic E-state index is 10.1. The number of aromatic nitrogens is 1. The van der Waals surface area contributed by atoms with Gasteiger partial charge in [0.05, 0.1) is 5.69 Å². The number of nitriles is 1. The minimum atomic E-state index is -0.474. The highest BCUT2D eigenvalue weighted by atomic mass is 32.1. The zero-order valence-electron chi connectivity index (χ0n) is 9.53. The number of benzene rings is 1. The molecule has 0 aliphatic carbocycles. The van der Waals surface area contributed by atoms with Gasteiger partial charge in [-0.15, -0.1) is 11.3 Å². The van der Waals surface area contributed by atoms with Gasteiger partial charge < -0.3 is 21.1 Å². The Kier molecular flexibility index (Phi) is 3.27. The van der Waals surface area contributed by atoms with E-state index < -0.39 is 11.5 Å². The fraction of sp³-hybridized carbons (Fsp3) is 0. The van der Waals surface area contributed by atoms with E-state index in [2.05, 4.69) is 4.98 Å². The Morgan fingerprint density at radius 3 is 2.63 bits per heavy atom. The number of hydrogen-bond acceptors (Lipinski definition) is 7. The fourth-order valence-corrected chi connectivity index (χ4v) is 2.10. The first-order chi connectivity index (χ1) is 9.04. The van der Waals surface area contributed by atoms with Crippen LogP contribution < -0.4 is 5.73 Å². The largest absolute Gasteiger partial charge is 0.506 e. The van der Waals surface area contributed by atoms with Crippen LogP contribution in [-0.2, 0) is 0 Å². The first-order valence-corrected chi connectivity index (χ1v) is 5.97. The van der Waals surface area contributed by atoms with Crippen molar-refractivity contribution in [2.45, 2.75) is 0 Å². The van der Waals surface area contributed by atoms with Gasteiger partial charge in [0.25, 0.3) is 0 Å². The molecule has 1 aromatic carbocycles. The molecule has 0 unspecified atom stereocenters. The summed E-state index contributed by atoms with van der Waals surface area (Å²) < 4.78 is 0. The van der Waals surface area contributed by atoms with Crippen molar-refractivity contribution in [3.8, 4) is 17.6 Å². The van der Waals surface area contributed by atoms with Crippen molar-refractivity contribution in [1.82, 2.24) is 4.98 Å². The third kappa shape index (κ3) is 2.29. The van der Waals surface area contributed by atoms with Crippen LogP contribution in [-0.4, -0.2) is 20.3 Å². The predicted octanol–water partition coefficient (Wildman–Crippen LogP) is 2.09. The molecule has 19 heavy (non-hydrogen) atoms. The molecule has 96 valence electrons. The van der Waals surface area contributed by atoms with Crippen molar-refractivity contribution in [2.75, 3.05) is 5.73 Å². The highest BCUT2D eigenvalue weighted by Crippen LogP contribution is 2.36. The number of nitrogen functional groups attached to an aromatic ring is 1. The van der Waals surface area contributed by atoms with Crippen molar-refractivity contribution in [3.05, 3.63) is 34.3 Å². The summed E-state index contributed by atoms with van der Waals surface area (Å²) in [5, 5.41) is 40.0. The Labute approximate surface area is 112 Å². The summed E-state index contributed by atoms with van der Waals surface area (Å²) in [5.74, 6) is -1.30. The van der Waals surface area contributed by atoms with Crippen molar-refractivity contribution < 1.29 is 15.3 Å². The van der Waals surface area contributed by atoms with E-state index in [9.17, 15) is 15.3 Å². The van der Waals surface area contributed by atoms with Crippen LogP contribution >= 0.6 is 11.3 Å². The van der Waals surface area contributed by atoms with Crippen LogP contribution in [0, 0.1) is 11.3 Å². The molecule has 0 amide bonds. The Morgan fingerprint density at radius 2 is 2.11 bits per heavy atom.